The maximum atomic E-state index is 11.9. The van der Waals surface area contributed by atoms with E-state index < -0.39 is 11.6 Å². The molecule has 2 aliphatic rings. The molecule has 1 saturated heterocycles. The van der Waals surface area contributed by atoms with Crippen molar-refractivity contribution < 1.29 is 33.2 Å². The molecule has 2 aliphatic heterocycles. The normalized spacial score (nSPS) is 23.7. The van der Waals surface area contributed by atoms with E-state index in [1.165, 1.54) is 20.5 Å². The van der Waals surface area contributed by atoms with E-state index in [1.807, 2.05) is 57.2 Å². The fourth-order valence-corrected chi connectivity index (χ4v) is 3.49. The largest absolute Gasteiger partial charge is 0.503 e. The molecule has 33 heavy (non-hydrogen) atoms. The van der Waals surface area contributed by atoms with Crippen LogP contribution in [0, 0.1) is 0 Å². The van der Waals surface area contributed by atoms with Gasteiger partial charge in [0.05, 0.1) is 38.3 Å². The molecule has 0 N–H and O–H groups in total. The summed E-state index contributed by atoms with van der Waals surface area (Å²) in [5.74, 6) is 0.883. The van der Waals surface area contributed by atoms with Gasteiger partial charge in [0.2, 0.25) is 0 Å². The number of rotatable bonds is 8. The Balaban J connectivity index is 1.69. The average Bonchev–Trinajstić information content (AvgIpc) is 3.40. The van der Waals surface area contributed by atoms with E-state index in [4.69, 9.17) is 28.4 Å². The van der Waals surface area contributed by atoms with Crippen molar-refractivity contribution in [2.45, 2.75) is 58.0 Å². The quantitative estimate of drug-likeness (QED) is 0.187. The predicted octanol–water partition coefficient (Wildman–Crippen LogP) is 4.46. The summed E-state index contributed by atoms with van der Waals surface area (Å²) in [7, 11) is 2.83. The van der Waals surface area contributed by atoms with Crippen LogP contribution in [0.15, 0.2) is 47.8 Å². The highest BCUT2D eigenvalue weighted by Gasteiger charge is 2.49. The lowest BCUT2D eigenvalue weighted by Crippen LogP contribution is -2.46. The van der Waals surface area contributed by atoms with Gasteiger partial charge in [-0.1, -0.05) is 24.3 Å². The highest BCUT2D eigenvalue weighted by Crippen LogP contribution is 2.39. The number of ether oxygens (including phenoxy) is 6. The molecule has 0 radical (unpaired) electrons. The van der Waals surface area contributed by atoms with Crippen LogP contribution in [-0.2, 0) is 23.7 Å². The van der Waals surface area contributed by atoms with Crippen molar-refractivity contribution in [1.29, 1.82) is 0 Å². The Kier molecular flexibility index (Phi) is 7.55. The second-order valence-electron chi connectivity index (χ2n) is 9.22. The standard InChI is InChI=1S/C26H34O7/c1-17(19(14-28-6)24(27)29-7)9-8-10-18-11-12-20-21(13-18)32-25(2,3)22(15-30-20)31-16-23-26(4,5)33-23/h8-14,22-23H,15-16H2,1-7H3/b10-8+,17-9-,19-14+/t22-,23+/m0/s1. The summed E-state index contributed by atoms with van der Waals surface area (Å²) in [5, 5.41) is 0. The van der Waals surface area contributed by atoms with Gasteiger partial charge in [-0.3, -0.25) is 0 Å². The third kappa shape index (κ3) is 6.18. The number of epoxide rings is 1. The highest BCUT2D eigenvalue weighted by atomic mass is 16.6. The van der Waals surface area contributed by atoms with Gasteiger partial charge in [0.15, 0.2) is 11.5 Å². The zero-order chi connectivity index (χ0) is 24.2. The summed E-state index contributed by atoms with van der Waals surface area (Å²) in [6.45, 7) is 10.8. The van der Waals surface area contributed by atoms with Gasteiger partial charge in [-0.05, 0) is 57.9 Å². The van der Waals surface area contributed by atoms with Crippen LogP contribution in [0.25, 0.3) is 6.08 Å². The number of esters is 1. The monoisotopic (exact) mass is 458 g/mol. The molecule has 0 saturated carbocycles. The number of fused-ring (bicyclic) bond motifs is 1. The lowest BCUT2D eigenvalue weighted by Gasteiger charge is -2.31. The van der Waals surface area contributed by atoms with Crippen molar-refractivity contribution >= 4 is 12.0 Å². The summed E-state index contributed by atoms with van der Waals surface area (Å²) in [6.07, 6.45) is 6.84. The van der Waals surface area contributed by atoms with Crippen LogP contribution in [0.2, 0.25) is 0 Å². The van der Waals surface area contributed by atoms with E-state index in [0.29, 0.717) is 30.3 Å². The number of carbonyl (C=O) groups excluding carboxylic acids is 1. The van der Waals surface area contributed by atoms with Crippen molar-refractivity contribution in [2.75, 3.05) is 27.4 Å². The molecular formula is C26H34O7. The first kappa shape index (κ1) is 24.9. The molecule has 1 fully saturated rings. The van der Waals surface area contributed by atoms with Gasteiger partial charge in [-0.25, -0.2) is 4.79 Å². The second kappa shape index (κ2) is 10.0. The summed E-state index contributed by atoms with van der Waals surface area (Å²) in [6, 6.07) is 5.77. The molecule has 0 amide bonds. The Morgan fingerprint density at radius 1 is 1.15 bits per heavy atom. The van der Waals surface area contributed by atoms with E-state index in [9.17, 15) is 4.79 Å². The lowest BCUT2D eigenvalue weighted by atomic mass is 10.0. The first-order valence-corrected chi connectivity index (χ1v) is 11.0. The molecule has 7 nitrogen and oxygen atoms in total. The Hall–Kier alpha value is -2.77. The Bertz CT molecular complexity index is 955. The van der Waals surface area contributed by atoms with Crippen LogP contribution >= 0.6 is 0 Å². The second-order valence-corrected chi connectivity index (χ2v) is 9.22. The van der Waals surface area contributed by atoms with Gasteiger partial charge >= 0.3 is 5.97 Å². The number of methoxy groups -OCH3 is 2. The highest BCUT2D eigenvalue weighted by molar-refractivity contribution is 5.93. The maximum absolute atomic E-state index is 11.9. The van der Waals surface area contributed by atoms with E-state index in [2.05, 4.69) is 13.8 Å². The first-order chi connectivity index (χ1) is 15.6. The molecule has 7 heteroatoms. The molecule has 180 valence electrons. The third-order valence-corrected chi connectivity index (χ3v) is 5.82. The Labute approximate surface area is 195 Å². The lowest BCUT2D eigenvalue weighted by molar-refractivity contribution is -0.135. The SMILES string of the molecule is CO\C=C(C(=O)OC)/C(C)=C\C=C\c1ccc2c(c1)OC(C)(C)[C@@H](OC[C@H]1OC1(C)C)CO2. The van der Waals surface area contributed by atoms with Crippen molar-refractivity contribution in [3.63, 3.8) is 0 Å². The average molecular weight is 459 g/mol. The number of hydrogen-bond donors (Lipinski definition) is 0. The minimum absolute atomic E-state index is 0.102. The van der Waals surface area contributed by atoms with Gasteiger partial charge in [-0.15, -0.1) is 0 Å². The minimum Gasteiger partial charge on any atom is -0.503 e. The zero-order valence-corrected chi connectivity index (χ0v) is 20.5. The molecule has 0 unspecified atom stereocenters. The van der Waals surface area contributed by atoms with Gasteiger partial charge in [0.25, 0.3) is 0 Å². The third-order valence-electron chi connectivity index (χ3n) is 5.82. The molecule has 2 atom stereocenters. The predicted molar refractivity (Wildman–Crippen MR) is 125 cm³/mol. The summed E-state index contributed by atoms with van der Waals surface area (Å²) in [5.41, 5.74) is 1.31. The fourth-order valence-electron chi connectivity index (χ4n) is 3.49. The molecule has 0 bridgehead atoms. The van der Waals surface area contributed by atoms with Crippen LogP contribution in [0.3, 0.4) is 0 Å². The van der Waals surface area contributed by atoms with Crippen molar-refractivity contribution in [3.05, 3.63) is 53.3 Å². The van der Waals surface area contributed by atoms with Crippen molar-refractivity contribution in [1.82, 2.24) is 0 Å². The van der Waals surface area contributed by atoms with E-state index >= 15 is 0 Å². The number of allylic oxidation sites excluding steroid dienone is 2. The number of benzene rings is 1. The van der Waals surface area contributed by atoms with Crippen LogP contribution in [0.1, 0.15) is 40.2 Å². The van der Waals surface area contributed by atoms with Crippen LogP contribution in [-0.4, -0.2) is 56.8 Å². The van der Waals surface area contributed by atoms with Crippen LogP contribution in [0.5, 0.6) is 11.5 Å². The fraction of sp³-hybridized carbons (Fsp3) is 0.500. The van der Waals surface area contributed by atoms with Gasteiger partial charge in [0.1, 0.15) is 24.4 Å². The maximum Gasteiger partial charge on any atom is 0.341 e. The molecule has 1 aromatic carbocycles. The summed E-state index contributed by atoms with van der Waals surface area (Å²) in [4.78, 5) is 11.9. The van der Waals surface area contributed by atoms with Crippen molar-refractivity contribution in [3.8, 4) is 11.5 Å². The molecular weight excluding hydrogens is 424 g/mol. The first-order valence-electron chi connectivity index (χ1n) is 11.0. The topological polar surface area (TPSA) is 75.8 Å². The Morgan fingerprint density at radius 2 is 1.88 bits per heavy atom. The molecule has 3 rings (SSSR count). The van der Waals surface area contributed by atoms with E-state index in [-0.39, 0.29) is 17.8 Å². The van der Waals surface area contributed by atoms with Crippen LogP contribution < -0.4 is 9.47 Å². The zero-order valence-electron chi connectivity index (χ0n) is 20.5. The van der Waals surface area contributed by atoms with E-state index in [1.54, 1.807) is 0 Å². The molecule has 0 aliphatic carbocycles. The minimum atomic E-state index is -0.580. The van der Waals surface area contributed by atoms with Gasteiger partial charge in [0, 0.05) is 0 Å². The molecule has 0 aromatic heterocycles. The number of hydrogen-bond acceptors (Lipinski definition) is 7. The summed E-state index contributed by atoms with van der Waals surface area (Å²) >= 11 is 0. The summed E-state index contributed by atoms with van der Waals surface area (Å²) < 4.78 is 33.8. The van der Waals surface area contributed by atoms with Gasteiger partial charge < -0.3 is 28.4 Å². The van der Waals surface area contributed by atoms with Gasteiger partial charge in [-0.2, -0.15) is 0 Å². The molecule has 2 heterocycles. The number of carbonyl (C=O) groups is 1. The van der Waals surface area contributed by atoms with Crippen LogP contribution in [0.4, 0.5) is 0 Å². The molecule has 0 spiro atoms. The Morgan fingerprint density at radius 3 is 2.52 bits per heavy atom. The van der Waals surface area contributed by atoms with Crippen molar-refractivity contribution in [2.24, 2.45) is 0 Å². The van der Waals surface area contributed by atoms with E-state index in [0.717, 1.165) is 11.1 Å². The smallest absolute Gasteiger partial charge is 0.341 e. The molecule has 1 aromatic rings.